The molecule has 4 rings (SSSR count). The molecule has 0 amide bonds. The van der Waals surface area contributed by atoms with Crippen molar-refractivity contribution in [2.24, 2.45) is 0 Å². The highest BCUT2D eigenvalue weighted by molar-refractivity contribution is 7.97. The first-order valence-electron chi connectivity index (χ1n) is 11.8. The van der Waals surface area contributed by atoms with Gasteiger partial charge in [-0.1, -0.05) is 23.7 Å². The van der Waals surface area contributed by atoms with Gasteiger partial charge in [-0.15, -0.1) is 0 Å². The minimum atomic E-state index is 0.797. The van der Waals surface area contributed by atoms with Crippen LogP contribution in [0.2, 0.25) is 5.02 Å². The van der Waals surface area contributed by atoms with Crippen LogP contribution in [0.4, 0.5) is 0 Å². The van der Waals surface area contributed by atoms with Crippen LogP contribution in [-0.4, -0.2) is 61.1 Å². The van der Waals surface area contributed by atoms with Gasteiger partial charge in [0.2, 0.25) is 0 Å². The van der Waals surface area contributed by atoms with E-state index < -0.39 is 0 Å². The lowest BCUT2D eigenvalue weighted by Crippen LogP contribution is -2.44. The zero-order valence-corrected chi connectivity index (χ0v) is 20.7. The molecule has 2 heterocycles. The molecule has 0 unspecified atom stereocenters. The van der Waals surface area contributed by atoms with Gasteiger partial charge in [-0.2, -0.15) is 0 Å². The highest BCUT2D eigenvalue weighted by atomic mass is 35.5. The highest BCUT2D eigenvalue weighted by Crippen LogP contribution is 2.23. The summed E-state index contributed by atoms with van der Waals surface area (Å²) >= 11 is 7.88. The van der Waals surface area contributed by atoms with Crippen molar-refractivity contribution in [2.45, 2.75) is 37.0 Å². The maximum atomic E-state index is 6.15. The number of nitrogens with zero attached hydrogens (tertiary/aromatic N) is 2. The number of hydrogen-bond donors (Lipinski definition) is 2. The fourth-order valence-corrected chi connectivity index (χ4v) is 5.16. The normalized spacial score (nSPS) is 15.6. The predicted molar refractivity (Wildman–Crippen MR) is 139 cm³/mol. The van der Waals surface area contributed by atoms with Crippen LogP contribution < -0.4 is 4.72 Å². The van der Waals surface area contributed by atoms with Gasteiger partial charge in [-0.05, 0) is 99.1 Å². The first kappa shape index (κ1) is 23.7. The zero-order chi connectivity index (χ0) is 22.2. The molecule has 4 nitrogen and oxygen atoms in total. The number of nitrogens with one attached hydrogen (secondary N) is 2. The Morgan fingerprint density at radius 2 is 1.78 bits per heavy atom. The van der Waals surface area contributed by atoms with Crippen molar-refractivity contribution in [3.8, 4) is 0 Å². The molecule has 2 aromatic carbocycles. The fourth-order valence-electron chi connectivity index (χ4n) is 4.30. The zero-order valence-electron chi connectivity index (χ0n) is 19.1. The van der Waals surface area contributed by atoms with E-state index in [-0.39, 0.29) is 0 Å². The summed E-state index contributed by atoms with van der Waals surface area (Å²) in [5.74, 6) is 0. The molecule has 172 valence electrons. The van der Waals surface area contributed by atoms with E-state index in [0.717, 1.165) is 29.9 Å². The number of benzene rings is 2. The Kier molecular flexibility index (Phi) is 8.94. The standard InChI is InChI=1S/C26H35ClN4S/c1-30-15-17-31(18-16-30)14-3-2-5-21-7-10-24(11-8-21)32-29-13-4-6-22-20-28-26-12-9-23(27)19-25(22)26/h7-12,19-20,28-29H,2-6,13-18H2,1H3. The summed E-state index contributed by atoms with van der Waals surface area (Å²) in [6, 6.07) is 15.1. The first-order valence-corrected chi connectivity index (χ1v) is 13.0. The Labute approximate surface area is 201 Å². The van der Waals surface area contributed by atoms with E-state index in [1.165, 1.54) is 73.4 Å². The molecule has 32 heavy (non-hydrogen) atoms. The van der Waals surface area contributed by atoms with Gasteiger partial charge in [0.25, 0.3) is 0 Å². The Bertz CT molecular complexity index is 964. The van der Waals surface area contributed by atoms with E-state index in [1.807, 2.05) is 12.1 Å². The molecule has 2 N–H and O–H groups in total. The Morgan fingerprint density at radius 3 is 2.59 bits per heavy atom. The van der Waals surface area contributed by atoms with Crippen LogP contribution in [0.3, 0.4) is 0 Å². The highest BCUT2D eigenvalue weighted by Gasteiger charge is 2.12. The Hall–Kier alpha value is -1.50. The average Bonchev–Trinajstić information content (AvgIpc) is 3.20. The smallest absolute Gasteiger partial charge is 0.0457 e. The average molecular weight is 471 g/mol. The van der Waals surface area contributed by atoms with E-state index in [1.54, 1.807) is 11.9 Å². The maximum Gasteiger partial charge on any atom is 0.0457 e. The summed E-state index contributed by atoms with van der Waals surface area (Å²) in [6.07, 6.45) is 8.00. The topological polar surface area (TPSA) is 34.3 Å². The van der Waals surface area contributed by atoms with E-state index in [0.29, 0.717) is 0 Å². The number of halogens is 1. The van der Waals surface area contributed by atoms with Crippen LogP contribution >= 0.6 is 23.5 Å². The van der Waals surface area contributed by atoms with Crippen molar-refractivity contribution in [1.29, 1.82) is 0 Å². The van der Waals surface area contributed by atoms with Crippen LogP contribution in [0.15, 0.2) is 53.6 Å². The van der Waals surface area contributed by atoms with Crippen molar-refractivity contribution in [1.82, 2.24) is 19.5 Å². The van der Waals surface area contributed by atoms with Crippen LogP contribution in [0.1, 0.15) is 30.4 Å². The number of aromatic nitrogens is 1. The number of aryl methyl sites for hydroxylation is 2. The second-order valence-corrected chi connectivity index (χ2v) is 10.3. The van der Waals surface area contributed by atoms with Crippen molar-refractivity contribution >= 4 is 34.5 Å². The van der Waals surface area contributed by atoms with Crippen molar-refractivity contribution in [3.63, 3.8) is 0 Å². The lowest BCUT2D eigenvalue weighted by Gasteiger charge is -2.32. The molecule has 1 aliphatic rings. The van der Waals surface area contributed by atoms with Gasteiger partial charge in [0.05, 0.1) is 0 Å². The van der Waals surface area contributed by atoms with E-state index in [4.69, 9.17) is 11.6 Å². The van der Waals surface area contributed by atoms with Crippen LogP contribution in [0, 0.1) is 0 Å². The molecular formula is C26H35ClN4S. The van der Waals surface area contributed by atoms with Crippen molar-refractivity contribution < 1.29 is 0 Å². The van der Waals surface area contributed by atoms with E-state index >= 15 is 0 Å². The molecule has 1 saturated heterocycles. The third kappa shape index (κ3) is 7.00. The monoisotopic (exact) mass is 470 g/mol. The van der Waals surface area contributed by atoms with Gasteiger partial charge < -0.3 is 14.8 Å². The first-order chi connectivity index (χ1) is 15.7. The molecule has 0 spiro atoms. The molecule has 0 atom stereocenters. The lowest BCUT2D eigenvalue weighted by molar-refractivity contribution is 0.152. The number of aromatic amines is 1. The van der Waals surface area contributed by atoms with Crippen LogP contribution in [0.5, 0.6) is 0 Å². The second-order valence-electron chi connectivity index (χ2n) is 8.85. The summed E-state index contributed by atoms with van der Waals surface area (Å²) in [6.45, 7) is 7.11. The number of unbranched alkanes of at least 4 members (excludes halogenated alkanes) is 1. The number of hydrogen-bond acceptors (Lipinski definition) is 4. The van der Waals surface area contributed by atoms with Gasteiger partial charge >= 0.3 is 0 Å². The van der Waals surface area contributed by atoms with Gasteiger partial charge in [-0.25, -0.2) is 0 Å². The molecule has 1 aliphatic heterocycles. The lowest BCUT2D eigenvalue weighted by atomic mass is 10.1. The quantitative estimate of drug-likeness (QED) is 0.281. The summed E-state index contributed by atoms with van der Waals surface area (Å²) in [5.41, 5.74) is 3.95. The number of H-pyrrole nitrogens is 1. The number of rotatable bonds is 11. The van der Waals surface area contributed by atoms with Gasteiger partial charge in [0.15, 0.2) is 0 Å². The largest absolute Gasteiger partial charge is 0.361 e. The van der Waals surface area contributed by atoms with Gasteiger partial charge in [0.1, 0.15) is 0 Å². The maximum absolute atomic E-state index is 6.15. The minimum absolute atomic E-state index is 0.797. The molecule has 0 radical (unpaired) electrons. The molecule has 0 saturated carbocycles. The molecule has 1 aromatic heterocycles. The molecule has 3 aromatic rings. The summed E-state index contributed by atoms with van der Waals surface area (Å²) in [4.78, 5) is 9.65. The SMILES string of the molecule is CN1CCN(CCCCc2ccc(SNCCCc3c[nH]c4ccc(Cl)cc34)cc2)CC1. The van der Waals surface area contributed by atoms with E-state index in [2.05, 4.69) is 63.1 Å². The third-order valence-corrected chi connectivity index (χ3v) is 7.44. The fraction of sp³-hybridized carbons (Fsp3) is 0.462. The Morgan fingerprint density at radius 1 is 0.969 bits per heavy atom. The number of likely N-dealkylation sites (N-methyl/N-ethyl adjacent to an activating group) is 1. The third-order valence-electron chi connectivity index (χ3n) is 6.35. The van der Waals surface area contributed by atoms with Gasteiger partial charge in [0, 0.05) is 59.7 Å². The predicted octanol–water partition coefficient (Wildman–Crippen LogP) is 5.62. The molecule has 0 aliphatic carbocycles. The molecule has 1 fully saturated rings. The summed E-state index contributed by atoms with van der Waals surface area (Å²) in [7, 11) is 2.22. The van der Waals surface area contributed by atoms with Crippen molar-refractivity contribution in [2.75, 3.05) is 46.3 Å². The minimum Gasteiger partial charge on any atom is -0.361 e. The summed E-state index contributed by atoms with van der Waals surface area (Å²) in [5, 5.41) is 2.04. The molecule has 6 heteroatoms. The Balaban J connectivity index is 1.10. The van der Waals surface area contributed by atoms with Crippen LogP contribution in [0.25, 0.3) is 10.9 Å². The van der Waals surface area contributed by atoms with Crippen molar-refractivity contribution in [3.05, 3.63) is 64.8 Å². The van der Waals surface area contributed by atoms with E-state index in [9.17, 15) is 0 Å². The number of fused-ring (bicyclic) bond motifs is 1. The van der Waals surface area contributed by atoms with Crippen LogP contribution in [-0.2, 0) is 12.8 Å². The van der Waals surface area contributed by atoms with Gasteiger partial charge in [-0.3, -0.25) is 4.72 Å². The molecule has 0 bridgehead atoms. The summed E-state index contributed by atoms with van der Waals surface area (Å²) < 4.78 is 3.51. The number of piperazine rings is 1. The second kappa shape index (κ2) is 12.1. The molecular weight excluding hydrogens is 436 g/mol.